The number of aliphatic hydroxyl groups excluding tert-OH is 1. The van der Waals surface area contributed by atoms with Crippen LogP contribution in [0, 0.1) is 18.2 Å². The van der Waals surface area contributed by atoms with Crippen molar-refractivity contribution >= 4 is 67.5 Å². The number of benzene rings is 3. The van der Waals surface area contributed by atoms with Gasteiger partial charge in [0.1, 0.15) is 36.6 Å². The van der Waals surface area contributed by atoms with Crippen molar-refractivity contribution in [1.82, 2.24) is 40.3 Å². The summed E-state index contributed by atoms with van der Waals surface area (Å²) in [7, 11) is -4.36. The van der Waals surface area contributed by atoms with E-state index in [4.69, 9.17) is 0 Å². The molecule has 18 nitrogen and oxygen atoms in total. The summed E-state index contributed by atoms with van der Waals surface area (Å²) in [4.78, 5) is 72.2. The van der Waals surface area contributed by atoms with Gasteiger partial charge in [0.25, 0.3) is 5.91 Å². The maximum Gasteiger partial charge on any atom is 0.326 e. The Morgan fingerprint density at radius 3 is 2.26 bits per heavy atom. The van der Waals surface area contributed by atoms with Crippen LogP contribution in [0.2, 0.25) is 0 Å². The second kappa shape index (κ2) is 23.0. The van der Waals surface area contributed by atoms with Gasteiger partial charge < -0.3 is 31.1 Å². The van der Waals surface area contributed by atoms with E-state index in [0.29, 0.717) is 33.8 Å². The second-order valence-electron chi connectivity index (χ2n) is 19.8. The molecule has 21 heteroatoms. The smallest absolute Gasteiger partial charge is 0.326 e. The Balaban J connectivity index is 0.773. The molecule has 4 heterocycles. The molecule has 0 saturated carbocycles. The average molecular weight is 1030 g/mol. The number of β-amino-alcohol motifs (C(OH)–C–C–N with tert-alkyl or cyclic N) is 1. The largest absolute Gasteiger partial charge is 0.506 e. The molecule has 386 valence electrons. The molecule has 0 bridgehead atoms. The van der Waals surface area contributed by atoms with Crippen LogP contribution in [0.5, 0.6) is 5.75 Å². The van der Waals surface area contributed by atoms with Crippen molar-refractivity contribution in [1.29, 1.82) is 0 Å². The van der Waals surface area contributed by atoms with Crippen molar-refractivity contribution in [2.24, 2.45) is 5.41 Å². The van der Waals surface area contributed by atoms with Crippen molar-refractivity contribution in [2.45, 2.75) is 130 Å². The number of carbonyl (C=O) groups excluding carboxylic acids is 5. The number of hydrogen-bond donors (Lipinski definition) is 6. The fourth-order valence-corrected chi connectivity index (χ4v) is 11.1. The molecule has 5 amide bonds. The Bertz CT molecular complexity index is 2900. The minimum atomic E-state index is -4.36. The van der Waals surface area contributed by atoms with Gasteiger partial charge in [-0.3, -0.25) is 28.7 Å². The highest BCUT2D eigenvalue weighted by atomic mass is 32.2. The Kier molecular flexibility index (Phi) is 17.0. The van der Waals surface area contributed by atoms with Gasteiger partial charge in [-0.25, -0.2) is 18.4 Å². The van der Waals surface area contributed by atoms with Crippen LogP contribution in [0.3, 0.4) is 0 Å². The zero-order chi connectivity index (χ0) is 51.9. The third kappa shape index (κ3) is 13.0. The molecule has 2 fully saturated rings. The molecule has 2 aliphatic rings. The number of unbranched alkanes of at least 4 members (excludes halogenated alkanes) is 7. The van der Waals surface area contributed by atoms with Gasteiger partial charge in [-0.2, -0.15) is 13.5 Å². The molecule has 7 rings (SSSR count). The van der Waals surface area contributed by atoms with Gasteiger partial charge in [0.2, 0.25) is 23.6 Å². The number of nitrogens with one attached hydrogen (secondary N) is 4. The first-order chi connectivity index (χ1) is 34.2. The lowest BCUT2D eigenvalue weighted by Crippen LogP contribution is -2.57. The van der Waals surface area contributed by atoms with Crippen LogP contribution in [0.1, 0.15) is 109 Å². The molecule has 0 spiro atoms. The summed E-state index contributed by atoms with van der Waals surface area (Å²) in [6.45, 7) is 9.26. The summed E-state index contributed by atoms with van der Waals surface area (Å²) in [6, 6.07) is 11.8. The van der Waals surface area contributed by atoms with Gasteiger partial charge in [0.15, 0.2) is 5.82 Å². The Labute approximate surface area is 423 Å². The summed E-state index contributed by atoms with van der Waals surface area (Å²) >= 11 is 1.57. The normalized spacial score (nSPS) is 17.5. The number of fused-ring (bicyclic) bond motifs is 1. The number of amides is 5. The number of carbonyl (C=O) groups is 5. The number of anilines is 1. The molecular weight excluding hydrogens is 966 g/mol. The molecule has 2 aromatic heterocycles. The van der Waals surface area contributed by atoms with E-state index in [0.717, 1.165) is 66.6 Å². The average Bonchev–Trinajstić information content (AvgIpc) is 4.13. The van der Waals surface area contributed by atoms with Crippen LogP contribution >= 0.6 is 11.3 Å². The third-order valence-electron chi connectivity index (χ3n) is 13.1. The standard InChI is InChI=1S/C51H64FN9O9S2/c1-31(33-15-17-34(18-16-33)47-32(2)54-30-71-47)56-49(67)40-24-38(62)27-60(40)50(68)48(51(3,4)5)57-42(64)14-12-10-8-6-7-9-11-13-21-53-43(65)28-59-26-37(25-55-59)35-19-20-36-23-41(63)46(45(52)39(36)22-35)61-29-44(66)58-72(61,69)70/h15-20,22-23,25-26,30-31,38,40,48,62-63H,6-14,21,24,27-29H2,1-5H3,(H,53,65)(H,56,67)(H,57,64)(H,58,66). The number of thiazole rings is 1. The Hall–Kier alpha value is -6.45. The fraction of sp³-hybridized carbons (Fsp3) is 0.471. The number of halogens is 1. The van der Waals surface area contributed by atoms with Crippen LogP contribution in [-0.4, -0.2) is 106 Å². The highest BCUT2D eigenvalue weighted by Gasteiger charge is 2.45. The predicted octanol–water partition coefficient (Wildman–Crippen LogP) is 6.16. The molecule has 3 aromatic carbocycles. The molecule has 4 atom stereocenters. The van der Waals surface area contributed by atoms with Crippen molar-refractivity contribution in [3.63, 3.8) is 0 Å². The molecule has 0 aliphatic carbocycles. The summed E-state index contributed by atoms with van der Waals surface area (Å²) < 4.78 is 44.2. The lowest BCUT2D eigenvalue weighted by Gasteiger charge is -2.35. The zero-order valence-corrected chi connectivity index (χ0v) is 42.9. The minimum absolute atomic E-state index is 0.00156. The Morgan fingerprint density at radius 2 is 1.61 bits per heavy atom. The van der Waals surface area contributed by atoms with Crippen molar-refractivity contribution in [2.75, 3.05) is 23.9 Å². The third-order valence-corrected chi connectivity index (χ3v) is 15.4. The van der Waals surface area contributed by atoms with Crippen molar-refractivity contribution < 1.29 is 47.0 Å². The first-order valence-corrected chi connectivity index (χ1v) is 26.7. The van der Waals surface area contributed by atoms with Gasteiger partial charge in [0.05, 0.1) is 34.4 Å². The lowest BCUT2D eigenvalue weighted by atomic mass is 9.85. The van der Waals surface area contributed by atoms with Crippen LogP contribution in [0.15, 0.2) is 66.4 Å². The summed E-state index contributed by atoms with van der Waals surface area (Å²) in [6.07, 6.45) is 9.89. The predicted molar refractivity (Wildman–Crippen MR) is 272 cm³/mol. The van der Waals surface area contributed by atoms with Crippen LogP contribution in [-0.2, 0) is 40.7 Å². The van der Waals surface area contributed by atoms with Gasteiger partial charge >= 0.3 is 10.2 Å². The second-order valence-corrected chi connectivity index (χ2v) is 22.2. The van der Waals surface area contributed by atoms with Crippen molar-refractivity contribution in [3.8, 4) is 27.3 Å². The van der Waals surface area contributed by atoms with E-state index in [2.05, 4.69) is 26.0 Å². The minimum Gasteiger partial charge on any atom is -0.506 e. The fourth-order valence-electron chi connectivity index (χ4n) is 9.14. The van der Waals surface area contributed by atoms with Gasteiger partial charge in [-0.05, 0) is 66.3 Å². The van der Waals surface area contributed by atoms with Gasteiger partial charge in [-0.1, -0.05) is 95.7 Å². The number of likely N-dealkylation sites (tertiary alicyclic amines) is 1. The molecule has 2 saturated heterocycles. The molecule has 6 N–H and O–H groups in total. The summed E-state index contributed by atoms with van der Waals surface area (Å²) in [5.74, 6) is -3.69. The number of rotatable bonds is 21. The number of aliphatic hydroxyl groups is 1. The highest BCUT2D eigenvalue weighted by Crippen LogP contribution is 2.40. The van der Waals surface area contributed by atoms with E-state index in [1.807, 2.05) is 64.4 Å². The zero-order valence-electron chi connectivity index (χ0n) is 41.2. The number of aromatic hydroxyl groups is 1. The molecule has 5 aromatic rings. The number of phenolic OH excluding ortho intramolecular Hbond substituents is 1. The molecule has 72 heavy (non-hydrogen) atoms. The van der Waals surface area contributed by atoms with E-state index < -0.39 is 69.4 Å². The highest BCUT2D eigenvalue weighted by molar-refractivity contribution is 7.92. The molecule has 2 aliphatic heterocycles. The number of hydrogen-bond acceptors (Lipinski definition) is 12. The number of aryl methyl sites for hydroxylation is 1. The SMILES string of the molecule is Cc1ncsc1-c1ccc(C(C)NC(=O)C2CC(O)CN2C(=O)C(NC(=O)CCCCCCCCCCNC(=O)Cn2cc(-c3ccc4cc(O)c(N5CC(=O)NS5(=O)=O)c(F)c4c3)cn2)C(C)(C)C)cc1. The quantitative estimate of drug-likeness (QED) is 0.0455. The first kappa shape index (κ1) is 53.4. The summed E-state index contributed by atoms with van der Waals surface area (Å²) in [5, 5.41) is 34.6. The van der Waals surface area contributed by atoms with Crippen LogP contribution in [0.4, 0.5) is 10.1 Å². The van der Waals surface area contributed by atoms with Gasteiger partial charge in [-0.15, -0.1) is 11.3 Å². The van der Waals surface area contributed by atoms with E-state index in [1.165, 1.54) is 27.9 Å². The van der Waals surface area contributed by atoms with E-state index >= 15 is 4.39 Å². The maximum absolute atomic E-state index is 15.7. The monoisotopic (exact) mass is 1030 g/mol. The summed E-state index contributed by atoms with van der Waals surface area (Å²) in [5.41, 5.74) is 4.56. The Morgan fingerprint density at radius 1 is 0.931 bits per heavy atom. The first-order valence-electron chi connectivity index (χ1n) is 24.4. The number of nitrogens with zero attached hydrogens (tertiary/aromatic N) is 5. The lowest BCUT2D eigenvalue weighted by molar-refractivity contribution is -0.144. The van der Waals surface area contributed by atoms with Crippen LogP contribution < -0.4 is 25.0 Å². The van der Waals surface area contributed by atoms with E-state index in [9.17, 15) is 42.6 Å². The number of aromatic nitrogens is 3. The van der Waals surface area contributed by atoms with E-state index in [1.54, 1.807) is 34.4 Å². The molecule has 4 unspecified atom stereocenters. The number of phenols is 1. The van der Waals surface area contributed by atoms with Crippen LogP contribution in [0.25, 0.3) is 32.3 Å². The molecule has 0 radical (unpaired) electrons. The molecular formula is C51H64FN9O9S2. The maximum atomic E-state index is 15.7. The van der Waals surface area contributed by atoms with Gasteiger partial charge in [0, 0.05) is 43.1 Å². The topological polar surface area (TPSA) is 245 Å². The van der Waals surface area contributed by atoms with Crippen molar-refractivity contribution in [3.05, 3.63) is 83.5 Å². The van der Waals surface area contributed by atoms with E-state index in [-0.39, 0.29) is 55.1 Å².